The van der Waals surface area contributed by atoms with Gasteiger partial charge < -0.3 is 33.9 Å². The molecule has 3 rings (SSSR count). The molecule has 4 unspecified atom stereocenters. The summed E-state index contributed by atoms with van der Waals surface area (Å²) in [6.45, 7) is 1.74. The largest absolute Gasteiger partial charge is 0.493 e. The van der Waals surface area contributed by atoms with E-state index in [9.17, 15) is 10.2 Å². The summed E-state index contributed by atoms with van der Waals surface area (Å²) in [6, 6.07) is 10.5. The van der Waals surface area contributed by atoms with E-state index >= 15 is 0 Å². The molecule has 1 saturated heterocycles. The van der Waals surface area contributed by atoms with E-state index in [0.29, 0.717) is 34.1 Å². The van der Waals surface area contributed by atoms with E-state index in [1.54, 1.807) is 57.5 Å². The van der Waals surface area contributed by atoms with Crippen molar-refractivity contribution in [3.8, 4) is 23.0 Å². The Kier molecular flexibility index (Phi) is 5.69. The molecule has 152 valence electrons. The quantitative estimate of drug-likeness (QED) is 0.783. The molecule has 7 nitrogen and oxygen atoms in total. The Labute approximate surface area is 164 Å². The molecule has 2 aromatic rings. The molecule has 0 amide bonds. The van der Waals surface area contributed by atoms with Gasteiger partial charge in [-0.3, -0.25) is 0 Å². The minimum atomic E-state index is -1.15. The Hall–Kier alpha value is -2.48. The molecule has 0 bridgehead atoms. The number of aliphatic hydroxyl groups excluding tert-OH is 2. The average Bonchev–Trinajstić information content (AvgIpc) is 2.97. The number of methoxy groups -OCH3 is 4. The van der Waals surface area contributed by atoms with E-state index in [-0.39, 0.29) is 0 Å². The van der Waals surface area contributed by atoms with E-state index in [1.807, 2.05) is 0 Å². The first kappa shape index (κ1) is 20.3. The van der Waals surface area contributed by atoms with Crippen molar-refractivity contribution in [1.29, 1.82) is 0 Å². The minimum Gasteiger partial charge on any atom is -0.493 e. The predicted molar refractivity (Wildman–Crippen MR) is 102 cm³/mol. The Morgan fingerprint density at radius 2 is 1.32 bits per heavy atom. The third-order valence-corrected chi connectivity index (χ3v) is 5.26. The van der Waals surface area contributed by atoms with Crippen molar-refractivity contribution in [2.24, 2.45) is 0 Å². The number of hydrogen-bond donors (Lipinski definition) is 2. The van der Waals surface area contributed by atoms with Gasteiger partial charge in [-0.05, 0) is 42.3 Å². The van der Waals surface area contributed by atoms with Gasteiger partial charge in [-0.15, -0.1) is 0 Å². The van der Waals surface area contributed by atoms with Gasteiger partial charge in [0, 0.05) is 0 Å². The van der Waals surface area contributed by atoms with Crippen molar-refractivity contribution in [1.82, 2.24) is 0 Å². The Balaban J connectivity index is 1.98. The molecule has 0 radical (unpaired) electrons. The Morgan fingerprint density at radius 1 is 0.786 bits per heavy atom. The summed E-state index contributed by atoms with van der Waals surface area (Å²) in [4.78, 5) is 0. The molecule has 0 spiro atoms. The van der Waals surface area contributed by atoms with Gasteiger partial charge in [0.25, 0.3) is 0 Å². The second-order valence-electron chi connectivity index (χ2n) is 6.77. The van der Waals surface area contributed by atoms with Crippen LogP contribution in [0, 0.1) is 0 Å². The summed E-state index contributed by atoms with van der Waals surface area (Å²) in [7, 11) is 6.18. The first-order valence-electron chi connectivity index (χ1n) is 8.88. The monoisotopic (exact) mass is 390 g/mol. The molecule has 1 aliphatic rings. The molecule has 28 heavy (non-hydrogen) atoms. The van der Waals surface area contributed by atoms with Crippen molar-refractivity contribution >= 4 is 0 Å². The maximum Gasteiger partial charge on any atom is 0.161 e. The molecule has 0 aliphatic carbocycles. The van der Waals surface area contributed by atoms with Crippen LogP contribution in [-0.2, 0) is 10.3 Å². The van der Waals surface area contributed by atoms with Crippen molar-refractivity contribution in [3.63, 3.8) is 0 Å². The standard InChI is InChI=1S/C21H26O7/c1-21(13-7-9-15(25-3)17(11-13)27-5)20(23)18(22)19(28-21)12-6-8-14(24-2)16(10-12)26-4/h6-11,18-20,22-23H,1-5H3. The molecule has 7 heteroatoms. The van der Waals surface area contributed by atoms with Crippen LogP contribution in [0.15, 0.2) is 36.4 Å². The molecule has 0 saturated carbocycles. The van der Waals surface area contributed by atoms with Crippen LogP contribution in [0.1, 0.15) is 24.2 Å². The maximum atomic E-state index is 10.8. The van der Waals surface area contributed by atoms with E-state index in [2.05, 4.69) is 0 Å². The number of benzene rings is 2. The van der Waals surface area contributed by atoms with Gasteiger partial charge in [0.15, 0.2) is 23.0 Å². The second-order valence-corrected chi connectivity index (χ2v) is 6.77. The summed E-state index contributed by atoms with van der Waals surface area (Å²) in [5.74, 6) is 2.17. The van der Waals surface area contributed by atoms with Crippen molar-refractivity contribution in [2.75, 3.05) is 28.4 Å². The zero-order valence-electron chi connectivity index (χ0n) is 16.6. The van der Waals surface area contributed by atoms with Crippen molar-refractivity contribution in [3.05, 3.63) is 47.5 Å². The van der Waals surface area contributed by atoms with Gasteiger partial charge in [-0.1, -0.05) is 12.1 Å². The molecule has 1 aliphatic heterocycles. The van der Waals surface area contributed by atoms with Crippen LogP contribution >= 0.6 is 0 Å². The zero-order valence-corrected chi connectivity index (χ0v) is 16.6. The normalized spacial score (nSPS) is 26.8. The zero-order chi connectivity index (χ0) is 20.5. The Morgan fingerprint density at radius 3 is 1.89 bits per heavy atom. The summed E-state index contributed by atoms with van der Waals surface area (Å²) in [5.41, 5.74) is 0.199. The minimum absolute atomic E-state index is 0.515. The molecule has 2 N–H and O–H groups in total. The molecule has 0 aromatic heterocycles. The fraction of sp³-hybridized carbons (Fsp3) is 0.429. The average molecular weight is 390 g/mol. The van der Waals surface area contributed by atoms with Gasteiger partial charge in [0.05, 0.1) is 28.4 Å². The van der Waals surface area contributed by atoms with E-state index in [4.69, 9.17) is 23.7 Å². The van der Waals surface area contributed by atoms with Gasteiger partial charge in [-0.2, -0.15) is 0 Å². The summed E-state index contributed by atoms with van der Waals surface area (Å²) in [5, 5.41) is 21.5. The number of aliphatic hydroxyl groups is 2. The lowest BCUT2D eigenvalue weighted by molar-refractivity contribution is -0.0760. The molecular formula is C21H26O7. The first-order valence-corrected chi connectivity index (χ1v) is 8.88. The van der Waals surface area contributed by atoms with Crippen LogP contribution in [0.2, 0.25) is 0 Å². The number of hydrogen-bond acceptors (Lipinski definition) is 7. The van der Waals surface area contributed by atoms with Crippen LogP contribution < -0.4 is 18.9 Å². The topological polar surface area (TPSA) is 86.6 Å². The molecule has 1 heterocycles. The smallest absolute Gasteiger partial charge is 0.161 e. The molecule has 1 fully saturated rings. The molecular weight excluding hydrogens is 364 g/mol. The van der Waals surface area contributed by atoms with Crippen LogP contribution in [0.4, 0.5) is 0 Å². The highest BCUT2D eigenvalue weighted by molar-refractivity contribution is 5.47. The van der Waals surface area contributed by atoms with E-state index in [1.165, 1.54) is 14.2 Å². The van der Waals surface area contributed by atoms with Crippen molar-refractivity contribution in [2.45, 2.75) is 30.8 Å². The summed E-state index contributed by atoms with van der Waals surface area (Å²) >= 11 is 0. The maximum absolute atomic E-state index is 10.8. The molecule has 2 aromatic carbocycles. The fourth-order valence-electron chi connectivity index (χ4n) is 3.57. The van der Waals surface area contributed by atoms with Crippen LogP contribution in [-0.4, -0.2) is 50.9 Å². The predicted octanol–water partition coefficient (Wildman–Crippen LogP) is 2.43. The Bertz CT molecular complexity index is 837. The van der Waals surface area contributed by atoms with Gasteiger partial charge in [0.1, 0.15) is 23.9 Å². The van der Waals surface area contributed by atoms with E-state index in [0.717, 1.165) is 0 Å². The summed E-state index contributed by atoms with van der Waals surface area (Å²) < 4.78 is 27.4. The third kappa shape index (κ3) is 3.26. The SMILES string of the molecule is COc1ccc(C2OC(C)(c3ccc(OC)c(OC)c3)C(O)C2O)cc1OC. The lowest BCUT2D eigenvalue weighted by Crippen LogP contribution is -2.38. The van der Waals surface area contributed by atoms with Gasteiger partial charge in [0.2, 0.25) is 0 Å². The van der Waals surface area contributed by atoms with Crippen LogP contribution in [0.25, 0.3) is 0 Å². The van der Waals surface area contributed by atoms with Gasteiger partial charge >= 0.3 is 0 Å². The number of ether oxygens (including phenoxy) is 5. The highest BCUT2D eigenvalue weighted by atomic mass is 16.6. The highest BCUT2D eigenvalue weighted by Crippen LogP contribution is 2.48. The third-order valence-electron chi connectivity index (χ3n) is 5.26. The van der Waals surface area contributed by atoms with Crippen LogP contribution in [0.3, 0.4) is 0 Å². The second kappa shape index (κ2) is 7.87. The van der Waals surface area contributed by atoms with Crippen molar-refractivity contribution < 1.29 is 33.9 Å². The first-order chi connectivity index (χ1) is 13.4. The van der Waals surface area contributed by atoms with Crippen LogP contribution in [0.5, 0.6) is 23.0 Å². The fourth-order valence-corrected chi connectivity index (χ4v) is 3.57. The lowest BCUT2D eigenvalue weighted by atomic mass is 9.88. The summed E-state index contributed by atoms with van der Waals surface area (Å²) in [6.07, 6.45) is -3.02. The number of rotatable bonds is 6. The van der Waals surface area contributed by atoms with Gasteiger partial charge in [-0.25, -0.2) is 0 Å². The lowest BCUT2D eigenvalue weighted by Gasteiger charge is -2.29. The highest BCUT2D eigenvalue weighted by Gasteiger charge is 2.52. The van der Waals surface area contributed by atoms with E-state index < -0.39 is 23.9 Å². The molecule has 4 atom stereocenters.